The number of rotatable bonds is 9. The van der Waals surface area contributed by atoms with Crippen LogP contribution in [0.3, 0.4) is 0 Å². The second-order valence-electron chi connectivity index (χ2n) is 5.39. The summed E-state index contributed by atoms with van der Waals surface area (Å²) in [5, 5.41) is 3.58. The lowest BCUT2D eigenvalue weighted by atomic mass is 10.0. The molecule has 0 radical (unpaired) electrons. The predicted molar refractivity (Wildman–Crippen MR) is 82.5 cm³/mol. The van der Waals surface area contributed by atoms with Gasteiger partial charge in [0.1, 0.15) is 5.75 Å². The van der Waals surface area contributed by atoms with Crippen LogP contribution in [0.15, 0.2) is 18.2 Å². The van der Waals surface area contributed by atoms with Crippen molar-refractivity contribution in [1.29, 1.82) is 0 Å². The van der Waals surface area contributed by atoms with Crippen LogP contribution in [0.25, 0.3) is 0 Å². The average Bonchev–Trinajstić information content (AvgIpc) is 2.94. The Labute approximate surface area is 122 Å². The topological polar surface area (TPSA) is 30.5 Å². The fraction of sp³-hybridized carbons (Fsp3) is 0.647. The van der Waals surface area contributed by atoms with Crippen molar-refractivity contribution >= 4 is 0 Å². The van der Waals surface area contributed by atoms with Crippen LogP contribution < -0.4 is 10.1 Å². The van der Waals surface area contributed by atoms with Crippen LogP contribution in [0.2, 0.25) is 0 Å². The number of ether oxygens (including phenoxy) is 2. The van der Waals surface area contributed by atoms with Crippen molar-refractivity contribution in [3.05, 3.63) is 29.3 Å². The molecule has 20 heavy (non-hydrogen) atoms. The standard InChI is InChI=1S/C17H27NO2/c1-3-10-18-16(13-19-4-2)7-5-14-6-8-17-15(12-14)9-11-20-17/h6,8,12,16,18H,3-5,7,9-11,13H2,1-2H3. The third-order valence-corrected chi connectivity index (χ3v) is 3.74. The van der Waals surface area contributed by atoms with E-state index < -0.39 is 0 Å². The zero-order chi connectivity index (χ0) is 14.2. The van der Waals surface area contributed by atoms with Crippen LogP contribution in [-0.4, -0.2) is 32.4 Å². The molecule has 1 aliphatic rings. The van der Waals surface area contributed by atoms with E-state index in [1.807, 2.05) is 0 Å². The van der Waals surface area contributed by atoms with Gasteiger partial charge in [0.15, 0.2) is 0 Å². The molecule has 1 unspecified atom stereocenters. The molecule has 1 aliphatic heterocycles. The number of benzene rings is 1. The molecule has 1 aromatic carbocycles. The Kier molecular flexibility index (Phi) is 6.34. The molecule has 0 saturated heterocycles. The van der Waals surface area contributed by atoms with E-state index >= 15 is 0 Å². The van der Waals surface area contributed by atoms with Gasteiger partial charge in [-0.2, -0.15) is 0 Å². The lowest BCUT2D eigenvalue weighted by molar-refractivity contribution is 0.120. The Morgan fingerprint density at radius 1 is 1.35 bits per heavy atom. The molecule has 0 aliphatic carbocycles. The first-order valence-electron chi connectivity index (χ1n) is 7.89. The smallest absolute Gasteiger partial charge is 0.122 e. The van der Waals surface area contributed by atoms with Gasteiger partial charge in [-0.1, -0.05) is 19.1 Å². The minimum Gasteiger partial charge on any atom is -0.493 e. The summed E-state index contributed by atoms with van der Waals surface area (Å²) in [6, 6.07) is 7.08. The molecule has 0 aromatic heterocycles. The minimum atomic E-state index is 0.458. The van der Waals surface area contributed by atoms with E-state index in [-0.39, 0.29) is 0 Å². The van der Waals surface area contributed by atoms with Crippen LogP contribution >= 0.6 is 0 Å². The summed E-state index contributed by atoms with van der Waals surface area (Å²) in [5.74, 6) is 1.07. The van der Waals surface area contributed by atoms with Gasteiger partial charge in [0.05, 0.1) is 13.2 Å². The zero-order valence-corrected chi connectivity index (χ0v) is 12.8. The molecular weight excluding hydrogens is 250 g/mol. The predicted octanol–water partition coefficient (Wildman–Crippen LogP) is 2.96. The monoisotopic (exact) mass is 277 g/mol. The van der Waals surface area contributed by atoms with E-state index in [1.54, 1.807) is 0 Å². The Balaban J connectivity index is 1.84. The van der Waals surface area contributed by atoms with Gasteiger partial charge in [-0.05, 0) is 49.9 Å². The Morgan fingerprint density at radius 3 is 3.05 bits per heavy atom. The molecule has 0 fully saturated rings. The van der Waals surface area contributed by atoms with Crippen LogP contribution in [0.5, 0.6) is 5.75 Å². The van der Waals surface area contributed by atoms with Crippen molar-refractivity contribution < 1.29 is 9.47 Å². The second kappa shape index (κ2) is 8.28. The molecule has 0 spiro atoms. The normalized spacial score (nSPS) is 14.9. The summed E-state index contributed by atoms with van der Waals surface area (Å²) in [6.07, 6.45) is 4.44. The maximum absolute atomic E-state index is 5.57. The molecule has 1 atom stereocenters. The molecule has 1 heterocycles. The summed E-state index contributed by atoms with van der Waals surface area (Å²) in [7, 11) is 0. The van der Waals surface area contributed by atoms with Crippen molar-refractivity contribution in [1.82, 2.24) is 5.32 Å². The Bertz CT molecular complexity index is 398. The maximum Gasteiger partial charge on any atom is 0.122 e. The van der Waals surface area contributed by atoms with Gasteiger partial charge in [0, 0.05) is 19.1 Å². The highest BCUT2D eigenvalue weighted by Gasteiger charge is 2.13. The van der Waals surface area contributed by atoms with Gasteiger partial charge in [0.25, 0.3) is 0 Å². The molecular formula is C17H27NO2. The first kappa shape index (κ1) is 15.3. The molecule has 112 valence electrons. The molecule has 0 saturated carbocycles. The van der Waals surface area contributed by atoms with E-state index in [2.05, 4.69) is 37.4 Å². The minimum absolute atomic E-state index is 0.458. The van der Waals surface area contributed by atoms with E-state index in [0.29, 0.717) is 6.04 Å². The molecule has 0 bridgehead atoms. The molecule has 3 nitrogen and oxygen atoms in total. The highest BCUT2D eigenvalue weighted by Crippen LogP contribution is 2.26. The number of nitrogens with one attached hydrogen (secondary N) is 1. The van der Waals surface area contributed by atoms with Gasteiger partial charge in [-0.3, -0.25) is 0 Å². The third kappa shape index (κ3) is 4.50. The summed E-state index contributed by atoms with van der Waals surface area (Å²) in [6.45, 7) is 7.76. The first-order chi connectivity index (χ1) is 9.83. The largest absolute Gasteiger partial charge is 0.493 e. The fourth-order valence-corrected chi connectivity index (χ4v) is 2.59. The van der Waals surface area contributed by atoms with Crippen LogP contribution in [-0.2, 0) is 17.6 Å². The molecule has 3 heteroatoms. The number of hydrogen-bond acceptors (Lipinski definition) is 3. The van der Waals surface area contributed by atoms with E-state index in [9.17, 15) is 0 Å². The van der Waals surface area contributed by atoms with Crippen LogP contribution in [0, 0.1) is 0 Å². The van der Waals surface area contributed by atoms with Gasteiger partial charge in [-0.15, -0.1) is 0 Å². The number of hydrogen-bond donors (Lipinski definition) is 1. The molecule has 2 rings (SSSR count). The van der Waals surface area contributed by atoms with E-state index in [1.165, 1.54) is 17.5 Å². The van der Waals surface area contributed by atoms with Gasteiger partial charge >= 0.3 is 0 Å². The number of fused-ring (bicyclic) bond motifs is 1. The van der Waals surface area contributed by atoms with Crippen molar-refractivity contribution in [3.8, 4) is 5.75 Å². The highest BCUT2D eigenvalue weighted by molar-refractivity contribution is 5.39. The zero-order valence-electron chi connectivity index (χ0n) is 12.8. The Hall–Kier alpha value is -1.06. The summed E-state index contributed by atoms with van der Waals surface area (Å²) in [4.78, 5) is 0. The molecule has 1 aromatic rings. The average molecular weight is 277 g/mol. The Morgan fingerprint density at radius 2 is 2.25 bits per heavy atom. The molecule has 0 amide bonds. The molecule has 1 N–H and O–H groups in total. The summed E-state index contributed by atoms with van der Waals surface area (Å²) >= 11 is 0. The lowest BCUT2D eigenvalue weighted by Gasteiger charge is -2.18. The SMILES string of the molecule is CCCNC(CCc1ccc2c(c1)CCO2)COCC. The maximum atomic E-state index is 5.57. The van der Waals surface area contributed by atoms with Crippen molar-refractivity contribution in [2.75, 3.05) is 26.4 Å². The highest BCUT2D eigenvalue weighted by atomic mass is 16.5. The summed E-state index contributed by atoms with van der Waals surface area (Å²) < 4.78 is 11.1. The van der Waals surface area contributed by atoms with Crippen molar-refractivity contribution in [2.24, 2.45) is 0 Å². The third-order valence-electron chi connectivity index (χ3n) is 3.74. The first-order valence-corrected chi connectivity index (χ1v) is 7.89. The van der Waals surface area contributed by atoms with Crippen molar-refractivity contribution in [2.45, 2.75) is 45.6 Å². The quantitative estimate of drug-likeness (QED) is 0.753. The fourth-order valence-electron chi connectivity index (χ4n) is 2.59. The summed E-state index contributed by atoms with van der Waals surface area (Å²) in [5.41, 5.74) is 2.78. The van der Waals surface area contributed by atoms with Gasteiger partial charge in [0.2, 0.25) is 0 Å². The second-order valence-corrected chi connectivity index (χ2v) is 5.39. The van der Waals surface area contributed by atoms with Gasteiger partial charge < -0.3 is 14.8 Å². The van der Waals surface area contributed by atoms with E-state index in [0.717, 1.165) is 51.4 Å². The van der Waals surface area contributed by atoms with Crippen LogP contribution in [0.4, 0.5) is 0 Å². The van der Waals surface area contributed by atoms with Crippen LogP contribution in [0.1, 0.15) is 37.8 Å². The van der Waals surface area contributed by atoms with E-state index in [4.69, 9.17) is 9.47 Å². The van der Waals surface area contributed by atoms with Gasteiger partial charge in [-0.25, -0.2) is 0 Å². The lowest BCUT2D eigenvalue weighted by Crippen LogP contribution is -2.34. The van der Waals surface area contributed by atoms with Crippen molar-refractivity contribution in [3.63, 3.8) is 0 Å². The number of aryl methyl sites for hydroxylation is 1.